The van der Waals surface area contributed by atoms with Crippen molar-refractivity contribution in [1.29, 1.82) is 5.41 Å². The maximum Gasteiger partial charge on any atom is 0.190 e. The van der Waals surface area contributed by atoms with Gasteiger partial charge < -0.3 is 11.1 Å². The highest BCUT2D eigenvalue weighted by Gasteiger charge is 2.05. The number of aryl methyl sites for hydroxylation is 1. The van der Waals surface area contributed by atoms with Crippen LogP contribution in [0.4, 0.5) is 5.69 Å². The third-order valence-corrected chi connectivity index (χ3v) is 2.53. The predicted molar refractivity (Wildman–Crippen MR) is 72.2 cm³/mol. The number of nitrogens with two attached hydrogens (primary N) is 1. The summed E-state index contributed by atoms with van der Waals surface area (Å²) >= 11 is 0. The molecule has 0 bridgehead atoms. The van der Waals surface area contributed by atoms with E-state index in [1.54, 1.807) is 0 Å². The zero-order valence-electron chi connectivity index (χ0n) is 9.70. The molecule has 0 heterocycles. The Bertz CT molecular complexity index is 532. The van der Waals surface area contributed by atoms with Crippen LogP contribution in [0.2, 0.25) is 0 Å². The highest BCUT2D eigenvalue weighted by atomic mass is 15.0. The lowest BCUT2D eigenvalue weighted by molar-refractivity contribution is 1.40. The van der Waals surface area contributed by atoms with E-state index in [2.05, 4.69) is 11.4 Å². The molecule has 0 unspecified atom stereocenters. The first-order valence-corrected chi connectivity index (χ1v) is 5.44. The highest BCUT2D eigenvalue weighted by Crippen LogP contribution is 2.28. The Hall–Kier alpha value is -2.29. The summed E-state index contributed by atoms with van der Waals surface area (Å²) in [5, 5.41) is 10.2. The maximum atomic E-state index is 7.31. The number of guanidine groups is 1. The van der Waals surface area contributed by atoms with E-state index in [1.165, 1.54) is 5.56 Å². The first kappa shape index (κ1) is 11.2. The molecule has 0 aliphatic heterocycles. The standard InChI is InChI=1S/C14H15N3/c1-10-7-8-13(17-14(15)16)12(9-10)11-5-3-2-4-6-11/h2-9H,1H3,(H4,15,16,17). The number of anilines is 1. The molecule has 2 rings (SSSR count). The average Bonchev–Trinajstić information content (AvgIpc) is 2.32. The van der Waals surface area contributed by atoms with Crippen molar-refractivity contribution < 1.29 is 0 Å². The zero-order chi connectivity index (χ0) is 12.3. The van der Waals surface area contributed by atoms with E-state index >= 15 is 0 Å². The van der Waals surface area contributed by atoms with Gasteiger partial charge in [0.1, 0.15) is 0 Å². The Morgan fingerprint density at radius 2 is 1.82 bits per heavy atom. The van der Waals surface area contributed by atoms with Crippen molar-refractivity contribution in [2.75, 3.05) is 5.32 Å². The van der Waals surface area contributed by atoms with E-state index in [9.17, 15) is 0 Å². The van der Waals surface area contributed by atoms with Gasteiger partial charge in [-0.25, -0.2) is 0 Å². The number of benzene rings is 2. The van der Waals surface area contributed by atoms with Gasteiger partial charge >= 0.3 is 0 Å². The van der Waals surface area contributed by atoms with Crippen molar-refractivity contribution in [3.05, 3.63) is 54.1 Å². The van der Waals surface area contributed by atoms with Gasteiger partial charge in [-0.05, 0) is 24.6 Å². The van der Waals surface area contributed by atoms with Crippen LogP contribution in [0.1, 0.15) is 5.56 Å². The SMILES string of the molecule is Cc1ccc(NC(=N)N)c(-c2ccccc2)c1. The van der Waals surface area contributed by atoms with Crippen molar-refractivity contribution in [3.8, 4) is 11.1 Å². The minimum absolute atomic E-state index is 0.0500. The fourth-order valence-electron chi connectivity index (χ4n) is 1.77. The minimum atomic E-state index is -0.0500. The molecular weight excluding hydrogens is 210 g/mol. The first-order valence-electron chi connectivity index (χ1n) is 5.44. The summed E-state index contributed by atoms with van der Waals surface area (Å²) in [7, 11) is 0. The number of rotatable bonds is 2. The Balaban J connectivity index is 2.51. The molecule has 0 saturated carbocycles. The van der Waals surface area contributed by atoms with Crippen molar-refractivity contribution in [2.24, 2.45) is 5.73 Å². The molecular formula is C14H15N3. The lowest BCUT2D eigenvalue weighted by Gasteiger charge is -2.12. The second-order valence-corrected chi connectivity index (χ2v) is 3.95. The van der Waals surface area contributed by atoms with Crippen LogP contribution in [0.3, 0.4) is 0 Å². The van der Waals surface area contributed by atoms with Crippen molar-refractivity contribution in [1.82, 2.24) is 0 Å². The Morgan fingerprint density at radius 3 is 2.47 bits per heavy atom. The second kappa shape index (κ2) is 4.70. The molecule has 0 aliphatic carbocycles. The predicted octanol–water partition coefficient (Wildman–Crippen LogP) is 2.97. The average molecular weight is 225 g/mol. The molecule has 0 fully saturated rings. The Labute approximate surface area is 101 Å². The lowest BCUT2D eigenvalue weighted by Crippen LogP contribution is -2.20. The molecule has 0 aliphatic rings. The van der Waals surface area contributed by atoms with Gasteiger partial charge in [-0.1, -0.05) is 42.0 Å². The van der Waals surface area contributed by atoms with Crippen molar-refractivity contribution in [3.63, 3.8) is 0 Å². The van der Waals surface area contributed by atoms with Crippen LogP contribution < -0.4 is 11.1 Å². The number of hydrogen-bond donors (Lipinski definition) is 3. The topological polar surface area (TPSA) is 61.9 Å². The molecule has 0 amide bonds. The number of nitrogens with one attached hydrogen (secondary N) is 2. The smallest absolute Gasteiger partial charge is 0.190 e. The molecule has 3 heteroatoms. The van der Waals surface area contributed by atoms with Crippen LogP contribution in [0.5, 0.6) is 0 Å². The lowest BCUT2D eigenvalue weighted by atomic mass is 10.0. The van der Waals surface area contributed by atoms with Gasteiger partial charge in [0.2, 0.25) is 0 Å². The van der Waals surface area contributed by atoms with Gasteiger partial charge in [0.15, 0.2) is 5.96 Å². The summed E-state index contributed by atoms with van der Waals surface area (Å²) in [5.41, 5.74) is 9.58. The molecule has 17 heavy (non-hydrogen) atoms. The molecule has 0 aromatic heterocycles. The monoisotopic (exact) mass is 225 g/mol. The van der Waals surface area contributed by atoms with Crippen LogP contribution in [-0.2, 0) is 0 Å². The summed E-state index contributed by atoms with van der Waals surface area (Å²) in [6, 6.07) is 16.1. The Kier molecular flexibility index (Phi) is 3.10. The van der Waals surface area contributed by atoms with E-state index in [4.69, 9.17) is 11.1 Å². The molecule has 0 radical (unpaired) electrons. The summed E-state index contributed by atoms with van der Waals surface area (Å²) in [6.07, 6.45) is 0. The van der Waals surface area contributed by atoms with Gasteiger partial charge in [-0.2, -0.15) is 0 Å². The molecule has 0 atom stereocenters. The highest BCUT2D eigenvalue weighted by molar-refractivity contribution is 5.94. The summed E-state index contributed by atoms with van der Waals surface area (Å²) in [6.45, 7) is 2.05. The van der Waals surface area contributed by atoms with Gasteiger partial charge in [-0.15, -0.1) is 0 Å². The normalized spacial score (nSPS) is 9.94. The molecule has 0 saturated heterocycles. The van der Waals surface area contributed by atoms with Crippen LogP contribution in [0, 0.1) is 12.3 Å². The van der Waals surface area contributed by atoms with E-state index in [0.29, 0.717) is 0 Å². The molecule has 2 aromatic rings. The fourth-order valence-corrected chi connectivity index (χ4v) is 1.77. The van der Waals surface area contributed by atoms with E-state index < -0.39 is 0 Å². The Morgan fingerprint density at radius 1 is 1.12 bits per heavy atom. The zero-order valence-corrected chi connectivity index (χ0v) is 9.70. The van der Waals surface area contributed by atoms with Crippen LogP contribution in [0.15, 0.2) is 48.5 Å². The van der Waals surface area contributed by atoms with Crippen LogP contribution in [-0.4, -0.2) is 5.96 Å². The first-order chi connectivity index (χ1) is 8.16. The van der Waals surface area contributed by atoms with E-state index in [1.807, 2.05) is 49.4 Å². The maximum absolute atomic E-state index is 7.31. The summed E-state index contributed by atoms with van der Waals surface area (Å²) in [5.74, 6) is -0.0500. The second-order valence-electron chi connectivity index (χ2n) is 3.95. The summed E-state index contributed by atoms with van der Waals surface area (Å²) in [4.78, 5) is 0. The fraction of sp³-hybridized carbons (Fsp3) is 0.0714. The van der Waals surface area contributed by atoms with Gasteiger partial charge in [0.05, 0.1) is 0 Å². The minimum Gasteiger partial charge on any atom is -0.370 e. The quantitative estimate of drug-likeness (QED) is 0.543. The molecule has 3 nitrogen and oxygen atoms in total. The van der Waals surface area contributed by atoms with Gasteiger partial charge in [0.25, 0.3) is 0 Å². The largest absolute Gasteiger partial charge is 0.370 e. The molecule has 0 spiro atoms. The van der Waals surface area contributed by atoms with Gasteiger partial charge in [-0.3, -0.25) is 5.41 Å². The van der Waals surface area contributed by atoms with E-state index in [0.717, 1.165) is 16.8 Å². The van der Waals surface area contributed by atoms with E-state index in [-0.39, 0.29) is 5.96 Å². The van der Waals surface area contributed by atoms with Crippen LogP contribution >= 0.6 is 0 Å². The van der Waals surface area contributed by atoms with Gasteiger partial charge in [0, 0.05) is 11.3 Å². The van der Waals surface area contributed by atoms with Crippen molar-refractivity contribution in [2.45, 2.75) is 6.92 Å². The third kappa shape index (κ3) is 2.64. The summed E-state index contributed by atoms with van der Waals surface area (Å²) < 4.78 is 0. The number of hydrogen-bond acceptors (Lipinski definition) is 1. The van der Waals surface area contributed by atoms with Crippen molar-refractivity contribution >= 4 is 11.6 Å². The molecule has 4 N–H and O–H groups in total. The molecule has 86 valence electrons. The van der Waals surface area contributed by atoms with Crippen LogP contribution in [0.25, 0.3) is 11.1 Å². The molecule has 2 aromatic carbocycles. The third-order valence-electron chi connectivity index (χ3n) is 2.53.